The largest absolute Gasteiger partial charge is 0.465 e. The van der Waals surface area contributed by atoms with Crippen LogP contribution in [0, 0.1) is 0 Å². The second-order valence-corrected chi connectivity index (χ2v) is 6.39. The number of rotatable bonds is 2. The van der Waals surface area contributed by atoms with Gasteiger partial charge in [-0.15, -0.1) is 0 Å². The second kappa shape index (κ2) is 6.27. The minimum absolute atomic E-state index is 0.152. The monoisotopic (exact) mass is 397 g/mol. The van der Waals surface area contributed by atoms with Gasteiger partial charge in [-0.2, -0.15) is 0 Å². The maximum Gasteiger partial charge on any atom is 0.407 e. The molecular weight excluding hydrogens is 382 g/mol. The number of halogens is 1. The van der Waals surface area contributed by atoms with E-state index in [4.69, 9.17) is 10.5 Å². The number of aromatic nitrogens is 3. The van der Waals surface area contributed by atoms with Crippen LogP contribution in [0.25, 0.3) is 5.52 Å². The van der Waals surface area contributed by atoms with E-state index in [1.807, 2.05) is 0 Å². The molecule has 1 fully saturated rings. The molecule has 1 saturated heterocycles. The van der Waals surface area contributed by atoms with Crippen LogP contribution in [0.2, 0.25) is 0 Å². The molecule has 3 heterocycles. The number of fused-ring (bicyclic) bond motifs is 1. The molecule has 0 aromatic carbocycles. The van der Waals surface area contributed by atoms with Gasteiger partial charge in [0, 0.05) is 31.8 Å². The number of nitrogens with two attached hydrogens (primary N) is 1. The van der Waals surface area contributed by atoms with Crippen molar-refractivity contribution < 1.29 is 19.4 Å². The lowest BCUT2D eigenvalue weighted by Gasteiger charge is -2.35. The van der Waals surface area contributed by atoms with Crippen LogP contribution in [0.4, 0.5) is 10.6 Å². The SMILES string of the molecule is CC(=O)OC1CC(c2nc(Br)c3c(N)nccn23)CN(C(=O)O)C1. The zero-order valence-corrected chi connectivity index (χ0v) is 14.4. The maximum absolute atomic E-state index is 11.4. The molecule has 3 rings (SSSR count). The average Bonchev–Trinajstić information content (AvgIpc) is 2.84. The summed E-state index contributed by atoms with van der Waals surface area (Å²) in [7, 11) is 0. The Morgan fingerprint density at radius 1 is 1.46 bits per heavy atom. The fourth-order valence-electron chi connectivity index (χ4n) is 3.05. The van der Waals surface area contributed by atoms with Crippen LogP contribution in [0.1, 0.15) is 25.1 Å². The lowest BCUT2D eigenvalue weighted by atomic mass is 9.95. The van der Waals surface area contributed by atoms with Gasteiger partial charge in [0.1, 0.15) is 22.0 Å². The summed E-state index contributed by atoms with van der Waals surface area (Å²) < 4.78 is 7.56. The number of carbonyl (C=O) groups is 2. The topological polar surface area (TPSA) is 123 Å². The van der Waals surface area contributed by atoms with Crippen molar-refractivity contribution in [3.63, 3.8) is 0 Å². The molecule has 1 aliphatic heterocycles. The number of esters is 1. The van der Waals surface area contributed by atoms with Crippen molar-refractivity contribution in [3.05, 3.63) is 22.8 Å². The van der Waals surface area contributed by atoms with E-state index in [0.717, 1.165) is 0 Å². The summed E-state index contributed by atoms with van der Waals surface area (Å²) in [5.74, 6) is 0.299. The van der Waals surface area contributed by atoms with Crippen LogP contribution in [0.15, 0.2) is 17.0 Å². The molecule has 1 aliphatic rings. The third-order valence-electron chi connectivity index (χ3n) is 3.95. The standard InChI is InChI=1S/C14H16BrN5O4/c1-7(21)24-9-4-8(5-19(6-9)14(22)23)13-18-11(15)10-12(16)17-2-3-20(10)13/h2-3,8-9H,4-6H2,1H3,(H2,16,17)(H,22,23). The molecule has 2 aromatic rings. The van der Waals surface area contributed by atoms with E-state index in [0.29, 0.717) is 28.2 Å². The highest BCUT2D eigenvalue weighted by Gasteiger charge is 2.35. The number of ether oxygens (including phenoxy) is 1. The molecule has 2 atom stereocenters. The highest BCUT2D eigenvalue weighted by Crippen LogP contribution is 2.32. The number of nitrogens with zero attached hydrogens (tertiary/aromatic N) is 4. The van der Waals surface area contributed by atoms with Gasteiger partial charge in [-0.25, -0.2) is 14.8 Å². The van der Waals surface area contributed by atoms with Gasteiger partial charge < -0.3 is 20.5 Å². The minimum Gasteiger partial charge on any atom is -0.465 e. The van der Waals surface area contributed by atoms with Gasteiger partial charge >= 0.3 is 12.1 Å². The van der Waals surface area contributed by atoms with Gasteiger partial charge in [-0.3, -0.25) is 9.20 Å². The van der Waals surface area contributed by atoms with Gasteiger partial charge in [-0.05, 0) is 22.4 Å². The summed E-state index contributed by atoms with van der Waals surface area (Å²) in [5.41, 5.74) is 6.52. The molecule has 0 radical (unpaired) electrons. The Kier molecular flexibility index (Phi) is 4.31. The number of amides is 1. The van der Waals surface area contributed by atoms with Crippen molar-refractivity contribution in [1.29, 1.82) is 0 Å². The van der Waals surface area contributed by atoms with E-state index in [1.165, 1.54) is 11.8 Å². The zero-order valence-electron chi connectivity index (χ0n) is 12.8. The molecule has 9 nitrogen and oxygen atoms in total. The van der Waals surface area contributed by atoms with Crippen LogP contribution >= 0.6 is 15.9 Å². The van der Waals surface area contributed by atoms with Crippen LogP contribution < -0.4 is 5.73 Å². The predicted molar refractivity (Wildman–Crippen MR) is 87.6 cm³/mol. The first-order valence-electron chi connectivity index (χ1n) is 7.29. The number of carboxylic acid groups (broad SMARTS) is 1. The smallest absolute Gasteiger partial charge is 0.407 e. The van der Waals surface area contributed by atoms with Crippen LogP contribution in [-0.4, -0.2) is 55.6 Å². The summed E-state index contributed by atoms with van der Waals surface area (Å²) in [5, 5.41) is 9.34. The normalized spacial score (nSPS) is 21.0. The fourth-order valence-corrected chi connectivity index (χ4v) is 3.62. The Hall–Kier alpha value is -2.36. The number of hydrogen-bond acceptors (Lipinski definition) is 6. The van der Waals surface area contributed by atoms with Gasteiger partial charge in [0.2, 0.25) is 0 Å². The Bertz CT molecular complexity index is 808. The Labute approximate surface area is 145 Å². The molecule has 2 unspecified atom stereocenters. The molecular formula is C14H16BrN5O4. The van der Waals surface area contributed by atoms with E-state index >= 15 is 0 Å². The highest BCUT2D eigenvalue weighted by atomic mass is 79.9. The van der Waals surface area contributed by atoms with Crippen molar-refractivity contribution in [1.82, 2.24) is 19.3 Å². The van der Waals surface area contributed by atoms with Gasteiger partial charge in [0.15, 0.2) is 5.82 Å². The summed E-state index contributed by atoms with van der Waals surface area (Å²) >= 11 is 3.37. The lowest BCUT2D eigenvalue weighted by Crippen LogP contribution is -2.46. The molecule has 24 heavy (non-hydrogen) atoms. The molecule has 0 aliphatic carbocycles. The van der Waals surface area contributed by atoms with Crippen LogP contribution in [0.3, 0.4) is 0 Å². The van der Waals surface area contributed by atoms with E-state index in [2.05, 4.69) is 25.9 Å². The number of imidazole rings is 1. The fraction of sp³-hybridized carbons (Fsp3) is 0.429. The number of anilines is 1. The third-order valence-corrected chi connectivity index (χ3v) is 4.50. The number of carbonyl (C=O) groups excluding carboxylic acids is 1. The van der Waals surface area contributed by atoms with E-state index < -0.39 is 18.2 Å². The van der Waals surface area contributed by atoms with Gasteiger partial charge in [0.25, 0.3) is 0 Å². The second-order valence-electron chi connectivity index (χ2n) is 5.64. The first kappa shape index (κ1) is 16.5. The van der Waals surface area contributed by atoms with E-state index in [-0.39, 0.29) is 19.0 Å². The van der Waals surface area contributed by atoms with E-state index in [1.54, 1.807) is 16.8 Å². The molecule has 0 saturated carbocycles. The van der Waals surface area contributed by atoms with Crippen molar-refractivity contribution in [2.75, 3.05) is 18.8 Å². The molecule has 1 amide bonds. The Balaban J connectivity index is 1.99. The zero-order chi connectivity index (χ0) is 17.4. The molecule has 10 heteroatoms. The molecule has 128 valence electrons. The Morgan fingerprint density at radius 3 is 2.88 bits per heavy atom. The quantitative estimate of drug-likeness (QED) is 0.735. The highest BCUT2D eigenvalue weighted by molar-refractivity contribution is 9.10. The summed E-state index contributed by atoms with van der Waals surface area (Å²) in [6.45, 7) is 1.73. The van der Waals surface area contributed by atoms with Crippen molar-refractivity contribution in [2.24, 2.45) is 0 Å². The molecule has 0 bridgehead atoms. The number of nitrogen functional groups attached to an aromatic ring is 1. The maximum atomic E-state index is 11.4. The van der Waals surface area contributed by atoms with Crippen molar-refractivity contribution in [2.45, 2.75) is 25.4 Å². The summed E-state index contributed by atoms with van der Waals surface area (Å²) in [4.78, 5) is 32.4. The lowest BCUT2D eigenvalue weighted by molar-refractivity contribution is -0.148. The summed E-state index contributed by atoms with van der Waals surface area (Å²) in [6, 6.07) is 0. The molecule has 2 aromatic heterocycles. The molecule has 3 N–H and O–H groups in total. The third kappa shape index (κ3) is 3.01. The number of hydrogen-bond donors (Lipinski definition) is 2. The minimum atomic E-state index is -1.06. The Morgan fingerprint density at radius 2 is 2.21 bits per heavy atom. The number of piperidine rings is 1. The van der Waals surface area contributed by atoms with Crippen molar-refractivity contribution >= 4 is 39.3 Å². The number of likely N-dealkylation sites (tertiary alicyclic amines) is 1. The van der Waals surface area contributed by atoms with Crippen LogP contribution in [-0.2, 0) is 9.53 Å². The average molecular weight is 398 g/mol. The van der Waals surface area contributed by atoms with Gasteiger partial charge in [0.05, 0.1) is 6.54 Å². The van der Waals surface area contributed by atoms with Crippen molar-refractivity contribution in [3.8, 4) is 0 Å². The first-order chi connectivity index (χ1) is 11.4. The van der Waals surface area contributed by atoms with E-state index in [9.17, 15) is 14.7 Å². The van der Waals surface area contributed by atoms with Gasteiger partial charge in [-0.1, -0.05) is 0 Å². The first-order valence-corrected chi connectivity index (χ1v) is 8.09. The van der Waals surface area contributed by atoms with Crippen LogP contribution in [0.5, 0.6) is 0 Å². The molecule has 0 spiro atoms. The predicted octanol–water partition coefficient (Wildman–Crippen LogP) is 1.47. The summed E-state index contributed by atoms with van der Waals surface area (Å²) in [6.07, 6.45) is 2.19.